The van der Waals surface area contributed by atoms with Gasteiger partial charge in [0.2, 0.25) is 0 Å². The van der Waals surface area contributed by atoms with Crippen molar-refractivity contribution < 1.29 is 9.90 Å². The first-order valence-corrected chi connectivity index (χ1v) is 9.89. The summed E-state index contributed by atoms with van der Waals surface area (Å²) in [5.41, 5.74) is 0. The molecule has 0 saturated carbocycles. The molecule has 144 valence electrons. The van der Waals surface area contributed by atoms with Gasteiger partial charge in [0.15, 0.2) is 0 Å². The highest BCUT2D eigenvalue weighted by Gasteiger charge is 1.93. The fourth-order valence-corrected chi connectivity index (χ4v) is 2.18. The minimum absolute atomic E-state index is 0.280. The normalized spacial score (nSPS) is 13.0. The summed E-state index contributed by atoms with van der Waals surface area (Å²) in [4.78, 5) is 10.4. The Balaban J connectivity index is 3.48. The molecular formula is C24H36O2. The van der Waals surface area contributed by atoms with Gasteiger partial charge >= 0.3 is 5.97 Å². The van der Waals surface area contributed by atoms with Gasteiger partial charge in [0, 0.05) is 6.42 Å². The number of carboxylic acid groups (broad SMARTS) is 1. The molecule has 0 amide bonds. The number of aliphatic carboxylic acids is 1. The van der Waals surface area contributed by atoms with Gasteiger partial charge in [-0.25, -0.2) is 0 Å². The first kappa shape index (κ1) is 23.9. The topological polar surface area (TPSA) is 37.3 Å². The van der Waals surface area contributed by atoms with Crippen molar-refractivity contribution in [3.05, 3.63) is 72.9 Å². The summed E-state index contributed by atoms with van der Waals surface area (Å²) in [6, 6.07) is 0. The van der Waals surface area contributed by atoms with E-state index in [9.17, 15) is 4.79 Å². The van der Waals surface area contributed by atoms with Gasteiger partial charge in [-0.2, -0.15) is 0 Å². The molecule has 0 fully saturated rings. The maximum absolute atomic E-state index is 10.4. The Morgan fingerprint density at radius 3 is 1.38 bits per heavy atom. The van der Waals surface area contributed by atoms with E-state index in [2.05, 4.69) is 79.8 Å². The van der Waals surface area contributed by atoms with E-state index in [0.29, 0.717) is 0 Å². The summed E-state index contributed by atoms with van der Waals surface area (Å²) in [6.07, 6.45) is 35.3. The lowest BCUT2D eigenvalue weighted by Gasteiger charge is -1.92. The van der Waals surface area contributed by atoms with Crippen LogP contribution in [0.1, 0.15) is 71.1 Å². The molecule has 0 heterocycles. The van der Waals surface area contributed by atoms with Crippen molar-refractivity contribution in [1.82, 2.24) is 0 Å². The molecule has 0 rings (SSSR count). The lowest BCUT2D eigenvalue weighted by Crippen LogP contribution is -1.92. The summed E-state index contributed by atoms with van der Waals surface area (Å²) in [7, 11) is 0. The molecule has 0 bridgehead atoms. The van der Waals surface area contributed by atoms with Gasteiger partial charge < -0.3 is 5.11 Å². The quantitative estimate of drug-likeness (QED) is 0.232. The molecule has 0 aromatic heterocycles. The average molecular weight is 357 g/mol. The van der Waals surface area contributed by atoms with Crippen LogP contribution in [-0.2, 0) is 4.79 Å². The van der Waals surface area contributed by atoms with E-state index >= 15 is 0 Å². The summed E-state index contributed by atoms with van der Waals surface area (Å²) in [5, 5.41) is 8.53. The monoisotopic (exact) mass is 356 g/mol. The third kappa shape index (κ3) is 21.9. The van der Waals surface area contributed by atoms with Crippen molar-refractivity contribution >= 4 is 5.97 Å². The molecule has 2 heteroatoms. The molecule has 2 nitrogen and oxygen atoms in total. The second-order valence-corrected chi connectivity index (χ2v) is 6.05. The molecule has 0 aliphatic carbocycles. The Morgan fingerprint density at radius 1 is 0.615 bits per heavy atom. The van der Waals surface area contributed by atoms with Crippen LogP contribution in [-0.4, -0.2) is 11.1 Å². The molecule has 0 radical (unpaired) electrons. The molecule has 0 aliphatic heterocycles. The smallest absolute Gasteiger partial charge is 0.303 e. The second kappa shape index (κ2) is 21.0. The van der Waals surface area contributed by atoms with Gasteiger partial charge in [-0.1, -0.05) is 79.8 Å². The van der Waals surface area contributed by atoms with Crippen molar-refractivity contribution in [2.24, 2.45) is 0 Å². The highest BCUT2D eigenvalue weighted by Crippen LogP contribution is 2.02. The zero-order chi connectivity index (χ0) is 19.1. The Bertz CT molecular complexity index is 490. The number of hydrogen-bond acceptors (Lipinski definition) is 1. The first-order valence-electron chi connectivity index (χ1n) is 9.89. The highest BCUT2D eigenvalue weighted by molar-refractivity contribution is 5.66. The van der Waals surface area contributed by atoms with Crippen LogP contribution in [0.15, 0.2) is 72.9 Å². The fraction of sp³-hybridized carbons (Fsp3) is 0.458. The van der Waals surface area contributed by atoms with E-state index in [1.807, 2.05) is 0 Å². The van der Waals surface area contributed by atoms with Crippen molar-refractivity contribution in [2.45, 2.75) is 71.1 Å². The second-order valence-electron chi connectivity index (χ2n) is 6.05. The van der Waals surface area contributed by atoms with Crippen molar-refractivity contribution in [3.63, 3.8) is 0 Å². The number of hydrogen-bond donors (Lipinski definition) is 1. The summed E-state index contributed by atoms with van der Waals surface area (Å²) >= 11 is 0. The Kier molecular flexibility index (Phi) is 19.3. The SMILES string of the molecule is CCC=CCC=CCC=CCC=CCC=CC/C=C\CCCCC(=O)O. The lowest BCUT2D eigenvalue weighted by molar-refractivity contribution is -0.137. The molecule has 0 atom stereocenters. The Morgan fingerprint density at radius 2 is 1.00 bits per heavy atom. The summed E-state index contributed by atoms with van der Waals surface area (Å²) in [6.45, 7) is 2.15. The summed E-state index contributed by atoms with van der Waals surface area (Å²) < 4.78 is 0. The van der Waals surface area contributed by atoms with Crippen LogP contribution in [0.2, 0.25) is 0 Å². The maximum atomic E-state index is 10.4. The van der Waals surface area contributed by atoms with E-state index in [1.165, 1.54) is 0 Å². The number of unbranched alkanes of at least 4 members (excludes halogenated alkanes) is 2. The van der Waals surface area contributed by atoms with Gasteiger partial charge in [-0.3, -0.25) is 4.79 Å². The van der Waals surface area contributed by atoms with E-state index in [4.69, 9.17) is 5.11 Å². The minimum Gasteiger partial charge on any atom is -0.481 e. The molecule has 0 spiro atoms. The molecule has 1 N–H and O–H groups in total. The standard InChI is InChI=1S/C24H36O2/c1-2-3-4-5-6-7-8-9-10-11-12-13-14-15-16-17-18-19-20-21-22-23-24(25)26/h3-4,6-7,9-10,12-13,15-16,18-19H,2,5,8,11,14,17,20-23H2,1H3,(H,25,26)/b4-3?,7-6?,10-9?,13-12?,16-15?,19-18-. The number of carboxylic acids is 1. The minimum atomic E-state index is -0.701. The molecule has 0 aliphatic rings. The number of allylic oxidation sites excluding steroid dienone is 12. The van der Waals surface area contributed by atoms with Gasteiger partial charge in [0.05, 0.1) is 0 Å². The van der Waals surface area contributed by atoms with Crippen LogP contribution in [0.3, 0.4) is 0 Å². The number of rotatable bonds is 16. The molecule has 0 unspecified atom stereocenters. The van der Waals surface area contributed by atoms with Crippen LogP contribution in [0, 0.1) is 0 Å². The van der Waals surface area contributed by atoms with Gasteiger partial charge in [-0.05, 0) is 57.8 Å². The zero-order valence-electron chi connectivity index (χ0n) is 16.4. The highest BCUT2D eigenvalue weighted by atomic mass is 16.4. The van der Waals surface area contributed by atoms with Crippen molar-refractivity contribution in [1.29, 1.82) is 0 Å². The van der Waals surface area contributed by atoms with Crippen LogP contribution in [0.4, 0.5) is 0 Å². The number of carbonyl (C=O) groups is 1. The lowest BCUT2D eigenvalue weighted by atomic mass is 10.2. The van der Waals surface area contributed by atoms with Crippen LogP contribution in [0.5, 0.6) is 0 Å². The Labute approximate surface area is 160 Å². The van der Waals surface area contributed by atoms with E-state index < -0.39 is 5.97 Å². The van der Waals surface area contributed by atoms with Crippen LogP contribution >= 0.6 is 0 Å². The molecule has 26 heavy (non-hydrogen) atoms. The van der Waals surface area contributed by atoms with Gasteiger partial charge in [0.1, 0.15) is 0 Å². The summed E-state index contributed by atoms with van der Waals surface area (Å²) in [5.74, 6) is -0.701. The van der Waals surface area contributed by atoms with Crippen LogP contribution < -0.4 is 0 Å². The van der Waals surface area contributed by atoms with Crippen molar-refractivity contribution in [2.75, 3.05) is 0 Å². The molecular weight excluding hydrogens is 320 g/mol. The van der Waals surface area contributed by atoms with Gasteiger partial charge in [0.25, 0.3) is 0 Å². The predicted octanol–water partition coefficient (Wildman–Crippen LogP) is 7.33. The van der Waals surface area contributed by atoms with E-state index in [-0.39, 0.29) is 6.42 Å². The third-order valence-electron chi connectivity index (χ3n) is 3.61. The van der Waals surface area contributed by atoms with E-state index in [0.717, 1.165) is 57.8 Å². The van der Waals surface area contributed by atoms with Crippen LogP contribution in [0.25, 0.3) is 0 Å². The maximum Gasteiger partial charge on any atom is 0.303 e. The molecule has 0 aromatic rings. The average Bonchev–Trinajstić information content (AvgIpc) is 2.62. The largest absolute Gasteiger partial charge is 0.481 e. The van der Waals surface area contributed by atoms with E-state index in [1.54, 1.807) is 0 Å². The zero-order valence-corrected chi connectivity index (χ0v) is 16.4. The fourth-order valence-electron chi connectivity index (χ4n) is 2.18. The predicted molar refractivity (Wildman–Crippen MR) is 114 cm³/mol. The Hall–Kier alpha value is -2.09. The van der Waals surface area contributed by atoms with Gasteiger partial charge in [-0.15, -0.1) is 0 Å². The molecule has 0 aromatic carbocycles. The first-order chi connectivity index (χ1) is 12.8. The van der Waals surface area contributed by atoms with Crippen molar-refractivity contribution in [3.8, 4) is 0 Å². The third-order valence-corrected chi connectivity index (χ3v) is 3.61. The molecule has 0 saturated heterocycles.